The Hall–Kier alpha value is -2.44. The molecular weight excluding hydrogens is 224 g/mol. The molecule has 2 aromatic rings. The van der Waals surface area contributed by atoms with E-state index in [0.717, 1.165) is 0 Å². The van der Waals surface area contributed by atoms with Gasteiger partial charge in [0.05, 0.1) is 6.61 Å². The van der Waals surface area contributed by atoms with Gasteiger partial charge in [-0.15, -0.1) is 0 Å². The van der Waals surface area contributed by atoms with Crippen LogP contribution in [0.4, 0.5) is 0 Å². The molecule has 0 saturated heterocycles. The summed E-state index contributed by atoms with van der Waals surface area (Å²) in [6.45, 7) is 1.96. The number of pyridine rings is 1. The molecule has 2 aromatic heterocycles. The van der Waals surface area contributed by atoms with Crippen LogP contribution < -0.4 is 5.56 Å². The number of aromatic amines is 2. The molecule has 0 aliphatic rings. The number of carbonyl (C=O) groups excluding carboxylic acids is 1. The van der Waals surface area contributed by atoms with Crippen LogP contribution in [-0.4, -0.2) is 32.7 Å². The van der Waals surface area contributed by atoms with Gasteiger partial charge in [0, 0.05) is 17.8 Å². The molecule has 0 atom stereocenters. The zero-order chi connectivity index (χ0) is 12.3. The summed E-state index contributed by atoms with van der Waals surface area (Å²) >= 11 is 0. The fourth-order valence-corrected chi connectivity index (χ4v) is 1.27. The van der Waals surface area contributed by atoms with Gasteiger partial charge in [-0.05, 0) is 13.0 Å². The molecule has 2 N–H and O–H groups in total. The molecule has 0 aliphatic heterocycles. The summed E-state index contributed by atoms with van der Waals surface area (Å²) in [5, 5.41) is 6.30. The summed E-state index contributed by atoms with van der Waals surface area (Å²) in [4.78, 5) is 28.9. The third-order valence-electron chi connectivity index (χ3n) is 1.99. The van der Waals surface area contributed by atoms with E-state index in [1.165, 1.54) is 12.3 Å². The zero-order valence-corrected chi connectivity index (χ0v) is 9.06. The monoisotopic (exact) mass is 234 g/mol. The molecule has 0 aliphatic carbocycles. The minimum atomic E-state index is -0.573. The molecular formula is C10H10N4O3. The minimum Gasteiger partial charge on any atom is -0.460 e. The second-order valence-electron chi connectivity index (χ2n) is 3.17. The van der Waals surface area contributed by atoms with E-state index in [4.69, 9.17) is 4.74 Å². The Morgan fingerprint density at radius 2 is 2.35 bits per heavy atom. The number of carbonyl (C=O) groups is 1. The summed E-state index contributed by atoms with van der Waals surface area (Å²) in [6, 6.07) is 2.98. The van der Waals surface area contributed by atoms with Crippen LogP contribution in [0.25, 0.3) is 11.4 Å². The van der Waals surface area contributed by atoms with Gasteiger partial charge in [-0.3, -0.25) is 9.89 Å². The predicted octanol–water partition coefficient (Wildman–Crippen LogP) is 0.337. The van der Waals surface area contributed by atoms with Gasteiger partial charge in [-0.1, -0.05) is 0 Å². The van der Waals surface area contributed by atoms with Crippen molar-refractivity contribution in [2.45, 2.75) is 6.92 Å². The first-order chi connectivity index (χ1) is 8.20. The maximum Gasteiger partial charge on any atom is 0.375 e. The van der Waals surface area contributed by atoms with Gasteiger partial charge in [0.2, 0.25) is 11.4 Å². The highest BCUT2D eigenvalue weighted by atomic mass is 16.5. The van der Waals surface area contributed by atoms with Gasteiger partial charge in [0.15, 0.2) is 5.82 Å². The van der Waals surface area contributed by atoms with Crippen LogP contribution in [0.5, 0.6) is 0 Å². The van der Waals surface area contributed by atoms with Crippen LogP contribution >= 0.6 is 0 Å². The van der Waals surface area contributed by atoms with Crippen molar-refractivity contribution in [3.63, 3.8) is 0 Å². The Labute approximate surface area is 95.9 Å². The summed E-state index contributed by atoms with van der Waals surface area (Å²) in [7, 11) is 0. The van der Waals surface area contributed by atoms with Crippen LogP contribution in [-0.2, 0) is 4.74 Å². The topological polar surface area (TPSA) is 101 Å². The van der Waals surface area contributed by atoms with Crippen LogP contribution in [0.1, 0.15) is 17.5 Å². The van der Waals surface area contributed by atoms with Gasteiger partial charge in [0.25, 0.3) is 0 Å². The number of H-pyrrole nitrogens is 2. The van der Waals surface area contributed by atoms with E-state index in [9.17, 15) is 9.59 Å². The van der Waals surface area contributed by atoms with Gasteiger partial charge in [-0.2, -0.15) is 5.10 Å². The summed E-state index contributed by atoms with van der Waals surface area (Å²) in [6.07, 6.45) is 1.48. The van der Waals surface area contributed by atoms with Crippen molar-refractivity contribution in [1.29, 1.82) is 0 Å². The quantitative estimate of drug-likeness (QED) is 0.745. The van der Waals surface area contributed by atoms with Crippen LogP contribution in [0.15, 0.2) is 23.1 Å². The molecule has 2 rings (SSSR count). The van der Waals surface area contributed by atoms with Crippen LogP contribution in [0.3, 0.4) is 0 Å². The number of ether oxygens (including phenoxy) is 1. The molecule has 0 amide bonds. The first-order valence-electron chi connectivity index (χ1n) is 4.99. The molecule has 0 spiro atoms. The lowest BCUT2D eigenvalue weighted by atomic mass is 10.2. The van der Waals surface area contributed by atoms with E-state index in [1.54, 1.807) is 13.0 Å². The number of esters is 1. The Balaban J connectivity index is 2.30. The maximum absolute atomic E-state index is 11.3. The third kappa shape index (κ3) is 2.39. The van der Waals surface area contributed by atoms with Gasteiger partial charge in [-0.25, -0.2) is 9.78 Å². The lowest BCUT2D eigenvalue weighted by Crippen LogP contribution is -2.06. The van der Waals surface area contributed by atoms with Crippen molar-refractivity contribution in [1.82, 2.24) is 20.2 Å². The molecule has 0 aromatic carbocycles. The van der Waals surface area contributed by atoms with Gasteiger partial charge in [0.1, 0.15) is 0 Å². The van der Waals surface area contributed by atoms with Crippen molar-refractivity contribution in [3.8, 4) is 11.4 Å². The first kappa shape index (κ1) is 11.1. The average Bonchev–Trinajstić information content (AvgIpc) is 2.78. The predicted molar refractivity (Wildman–Crippen MR) is 58.4 cm³/mol. The number of hydrogen-bond acceptors (Lipinski definition) is 5. The smallest absolute Gasteiger partial charge is 0.375 e. The van der Waals surface area contributed by atoms with Crippen molar-refractivity contribution in [3.05, 3.63) is 34.5 Å². The lowest BCUT2D eigenvalue weighted by Gasteiger charge is -1.95. The fraction of sp³-hybridized carbons (Fsp3) is 0.200. The van der Waals surface area contributed by atoms with E-state index >= 15 is 0 Å². The fourth-order valence-electron chi connectivity index (χ4n) is 1.27. The largest absolute Gasteiger partial charge is 0.460 e. The Kier molecular flexibility index (Phi) is 2.99. The summed E-state index contributed by atoms with van der Waals surface area (Å²) in [5.74, 6) is -0.280. The van der Waals surface area contributed by atoms with E-state index in [2.05, 4.69) is 20.2 Å². The van der Waals surface area contributed by atoms with Crippen LogP contribution in [0, 0.1) is 0 Å². The summed E-state index contributed by atoms with van der Waals surface area (Å²) in [5.41, 5.74) is 0.269. The molecule has 0 bridgehead atoms. The van der Waals surface area contributed by atoms with Crippen molar-refractivity contribution < 1.29 is 9.53 Å². The molecule has 2 heterocycles. The van der Waals surface area contributed by atoms with Crippen molar-refractivity contribution >= 4 is 5.97 Å². The second kappa shape index (κ2) is 4.60. The molecule has 17 heavy (non-hydrogen) atoms. The number of hydrogen-bond donors (Lipinski definition) is 2. The zero-order valence-electron chi connectivity index (χ0n) is 9.06. The van der Waals surface area contributed by atoms with Crippen molar-refractivity contribution in [2.75, 3.05) is 6.61 Å². The number of aromatic nitrogens is 4. The highest BCUT2D eigenvalue weighted by molar-refractivity contribution is 5.85. The van der Waals surface area contributed by atoms with E-state index in [-0.39, 0.29) is 23.8 Å². The molecule has 7 nitrogen and oxygen atoms in total. The molecule has 88 valence electrons. The molecule has 0 radical (unpaired) electrons. The lowest BCUT2D eigenvalue weighted by molar-refractivity contribution is 0.0512. The SMILES string of the molecule is CCOC(=O)c1nc(-c2cc[nH]c(=O)c2)n[nH]1. The number of nitrogens with one attached hydrogen (secondary N) is 2. The summed E-state index contributed by atoms with van der Waals surface area (Å²) < 4.78 is 4.76. The first-order valence-corrected chi connectivity index (χ1v) is 4.99. The molecule has 7 heteroatoms. The average molecular weight is 234 g/mol. The van der Waals surface area contributed by atoms with Gasteiger partial charge < -0.3 is 9.72 Å². The Morgan fingerprint density at radius 1 is 1.53 bits per heavy atom. The van der Waals surface area contributed by atoms with Gasteiger partial charge >= 0.3 is 5.97 Å². The number of rotatable bonds is 3. The second-order valence-corrected chi connectivity index (χ2v) is 3.17. The standard InChI is InChI=1S/C10H10N4O3/c1-2-17-10(16)9-12-8(13-14-9)6-3-4-11-7(15)5-6/h3-5H,2H2,1H3,(H,11,15)(H,12,13,14). The number of nitrogens with zero attached hydrogens (tertiary/aromatic N) is 2. The normalized spacial score (nSPS) is 10.2. The molecule has 0 saturated carbocycles. The van der Waals surface area contributed by atoms with E-state index in [0.29, 0.717) is 5.56 Å². The highest BCUT2D eigenvalue weighted by Gasteiger charge is 2.13. The minimum absolute atomic E-state index is 0.0159. The molecule has 0 fully saturated rings. The van der Waals surface area contributed by atoms with Crippen molar-refractivity contribution in [2.24, 2.45) is 0 Å². The third-order valence-corrected chi connectivity index (χ3v) is 1.99. The molecule has 0 unspecified atom stereocenters. The highest BCUT2D eigenvalue weighted by Crippen LogP contribution is 2.11. The Bertz CT molecular complexity index is 587. The van der Waals surface area contributed by atoms with Crippen LogP contribution in [0.2, 0.25) is 0 Å². The van der Waals surface area contributed by atoms with E-state index in [1.807, 2.05) is 0 Å². The Morgan fingerprint density at radius 3 is 3.06 bits per heavy atom. The van der Waals surface area contributed by atoms with E-state index < -0.39 is 5.97 Å². The maximum atomic E-state index is 11.3.